The molecule has 0 unspecified atom stereocenters. The minimum Gasteiger partial charge on any atom is -0.381 e. The number of hydrogen-bond donors (Lipinski definition) is 1. The second-order valence-electron chi connectivity index (χ2n) is 4.39. The number of sulfonamides is 1. The van der Waals surface area contributed by atoms with Gasteiger partial charge in [0.05, 0.1) is 12.3 Å². The van der Waals surface area contributed by atoms with Gasteiger partial charge in [0.2, 0.25) is 0 Å². The number of piperidine rings is 1. The molecule has 0 atom stereocenters. The van der Waals surface area contributed by atoms with Gasteiger partial charge in [-0.1, -0.05) is 6.92 Å². The highest BCUT2D eigenvalue weighted by Gasteiger charge is 2.30. The normalized spacial score (nSPS) is 19.2. The minimum atomic E-state index is -3.42. The number of nitrogens with one attached hydrogen (secondary N) is 1. The highest BCUT2D eigenvalue weighted by molar-refractivity contribution is 7.89. The van der Waals surface area contributed by atoms with Crippen LogP contribution >= 0.6 is 0 Å². The molecule has 1 aliphatic rings. The van der Waals surface area contributed by atoms with E-state index in [1.54, 1.807) is 7.11 Å². The van der Waals surface area contributed by atoms with Gasteiger partial charge in [0.1, 0.15) is 5.82 Å². The Bertz CT molecular complexity index is 489. The Morgan fingerprint density at radius 2 is 2.17 bits per heavy atom. The third-order valence-electron chi connectivity index (χ3n) is 3.29. The van der Waals surface area contributed by atoms with Gasteiger partial charge in [-0.05, 0) is 12.8 Å². The lowest BCUT2D eigenvalue weighted by Gasteiger charge is -2.29. The van der Waals surface area contributed by atoms with Gasteiger partial charge < -0.3 is 9.72 Å². The number of ether oxygens (including phenoxy) is 1. The summed E-state index contributed by atoms with van der Waals surface area (Å²) in [6.45, 7) is 2.93. The van der Waals surface area contributed by atoms with E-state index in [-0.39, 0.29) is 11.1 Å². The first-order chi connectivity index (χ1) is 8.57. The van der Waals surface area contributed by atoms with E-state index in [1.807, 2.05) is 6.92 Å². The summed E-state index contributed by atoms with van der Waals surface area (Å²) in [6.07, 6.45) is 3.75. The molecule has 1 aromatic heterocycles. The number of aromatic amines is 1. The number of H-pyrrole nitrogens is 1. The first-order valence-corrected chi connectivity index (χ1v) is 7.58. The zero-order valence-corrected chi connectivity index (χ0v) is 11.5. The van der Waals surface area contributed by atoms with Crippen molar-refractivity contribution < 1.29 is 13.2 Å². The van der Waals surface area contributed by atoms with Crippen molar-refractivity contribution >= 4 is 10.0 Å². The summed E-state index contributed by atoms with van der Waals surface area (Å²) in [6, 6.07) is 0. The van der Waals surface area contributed by atoms with Gasteiger partial charge in [-0.2, -0.15) is 4.31 Å². The quantitative estimate of drug-likeness (QED) is 0.879. The van der Waals surface area contributed by atoms with Gasteiger partial charge in [0.15, 0.2) is 5.03 Å². The molecule has 1 saturated heterocycles. The van der Waals surface area contributed by atoms with Crippen LogP contribution in [0.3, 0.4) is 0 Å². The Hall–Kier alpha value is -0.920. The zero-order valence-electron chi connectivity index (χ0n) is 10.7. The largest absolute Gasteiger partial charge is 0.381 e. The Morgan fingerprint density at radius 1 is 1.50 bits per heavy atom. The van der Waals surface area contributed by atoms with E-state index in [9.17, 15) is 8.42 Å². The van der Waals surface area contributed by atoms with Gasteiger partial charge in [-0.25, -0.2) is 13.4 Å². The third kappa shape index (κ3) is 2.57. The fourth-order valence-corrected chi connectivity index (χ4v) is 3.50. The van der Waals surface area contributed by atoms with E-state index in [0.29, 0.717) is 25.3 Å². The van der Waals surface area contributed by atoms with E-state index in [1.165, 1.54) is 10.5 Å². The third-order valence-corrected chi connectivity index (χ3v) is 5.10. The lowest BCUT2D eigenvalue weighted by atomic mass is 10.1. The van der Waals surface area contributed by atoms with Gasteiger partial charge in [0.25, 0.3) is 10.0 Å². The van der Waals surface area contributed by atoms with Crippen LogP contribution in [-0.2, 0) is 21.2 Å². The molecule has 18 heavy (non-hydrogen) atoms. The maximum absolute atomic E-state index is 12.3. The summed E-state index contributed by atoms with van der Waals surface area (Å²) in [7, 11) is -1.76. The molecule has 0 aliphatic carbocycles. The summed E-state index contributed by atoms with van der Waals surface area (Å²) >= 11 is 0. The molecule has 0 spiro atoms. The van der Waals surface area contributed by atoms with Crippen LogP contribution in [0.15, 0.2) is 11.2 Å². The van der Waals surface area contributed by atoms with Gasteiger partial charge in [0, 0.05) is 26.6 Å². The van der Waals surface area contributed by atoms with Crippen LogP contribution in [-0.4, -0.2) is 49.0 Å². The lowest BCUT2D eigenvalue weighted by molar-refractivity contribution is 0.0604. The monoisotopic (exact) mass is 273 g/mol. The Balaban J connectivity index is 2.12. The number of nitrogens with zero attached hydrogens (tertiary/aromatic N) is 2. The van der Waals surface area contributed by atoms with E-state index in [4.69, 9.17) is 4.74 Å². The van der Waals surface area contributed by atoms with Crippen LogP contribution in [0.5, 0.6) is 0 Å². The van der Waals surface area contributed by atoms with Crippen molar-refractivity contribution in [1.29, 1.82) is 0 Å². The van der Waals surface area contributed by atoms with Crippen LogP contribution in [0.1, 0.15) is 25.6 Å². The predicted octanol–water partition coefficient (Wildman–Crippen LogP) is 0.772. The highest BCUT2D eigenvalue weighted by Crippen LogP contribution is 2.20. The molecular formula is C11H19N3O3S. The second-order valence-corrected chi connectivity index (χ2v) is 6.29. The molecule has 1 aliphatic heterocycles. The summed E-state index contributed by atoms with van der Waals surface area (Å²) < 4.78 is 31.4. The molecule has 6 nitrogen and oxygen atoms in total. The van der Waals surface area contributed by atoms with E-state index in [2.05, 4.69) is 9.97 Å². The molecule has 0 amide bonds. The average Bonchev–Trinajstić information content (AvgIpc) is 2.88. The Morgan fingerprint density at radius 3 is 2.67 bits per heavy atom. The van der Waals surface area contributed by atoms with Crippen LogP contribution in [0.4, 0.5) is 0 Å². The summed E-state index contributed by atoms with van der Waals surface area (Å²) in [5.74, 6) is 0.695. The minimum absolute atomic E-state index is 0.171. The van der Waals surface area contributed by atoms with Crippen molar-refractivity contribution in [3.05, 3.63) is 12.0 Å². The molecule has 2 heterocycles. The molecular weight excluding hydrogens is 254 g/mol. The van der Waals surface area contributed by atoms with Crippen molar-refractivity contribution in [1.82, 2.24) is 14.3 Å². The molecule has 0 aromatic carbocycles. The lowest BCUT2D eigenvalue weighted by Crippen LogP contribution is -2.40. The molecule has 2 rings (SSSR count). The second kappa shape index (κ2) is 5.38. The van der Waals surface area contributed by atoms with Gasteiger partial charge in [-0.3, -0.25) is 0 Å². The number of imidazole rings is 1. The van der Waals surface area contributed by atoms with E-state index >= 15 is 0 Å². The van der Waals surface area contributed by atoms with Crippen LogP contribution in [0.25, 0.3) is 0 Å². The van der Waals surface area contributed by atoms with Crippen LogP contribution < -0.4 is 0 Å². The number of rotatable bonds is 4. The van der Waals surface area contributed by atoms with Crippen LogP contribution in [0.2, 0.25) is 0 Å². The van der Waals surface area contributed by atoms with Crippen molar-refractivity contribution in [2.75, 3.05) is 20.2 Å². The average molecular weight is 273 g/mol. The maximum atomic E-state index is 12.3. The fourth-order valence-electron chi connectivity index (χ4n) is 2.10. The predicted molar refractivity (Wildman–Crippen MR) is 66.8 cm³/mol. The Kier molecular flexibility index (Phi) is 4.04. The number of hydrogen-bond acceptors (Lipinski definition) is 4. The number of aromatic nitrogens is 2. The SMILES string of the molecule is CCc1ncc(S(=O)(=O)N2CCC(OC)CC2)[nH]1. The molecule has 0 bridgehead atoms. The smallest absolute Gasteiger partial charge is 0.260 e. The molecule has 0 saturated carbocycles. The van der Waals surface area contributed by atoms with Gasteiger partial charge in [-0.15, -0.1) is 0 Å². The van der Waals surface area contributed by atoms with E-state index < -0.39 is 10.0 Å². The maximum Gasteiger partial charge on any atom is 0.260 e. The van der Waals surface area contributed by atoms with Crippen molar-refractivity contribution in [3.63, 3.8) is 0 Å². The first kappa shape index (κ1) is 13.5. The zero-order chi connectivity index (χ0) is 13.2. The highest BCUT2D eigenvalue weighted by atomic mass is 32.2. The number of methoxy groups -OCH3 is 1. The van der Waals surface area contributed by atoms with E-state index in [0.717, 1.165) is 12.8 Å². The summed E-state index contributed by atoms with van der Waals surface area (Å²) in [4.78, 5) is 6.89. The molecule has 102 valence electrons. The molecule has 7 heteroatoms. The molecule has 0 radical (unpaired) electrons. The number of aryl methyl sites for hydroxylation is 1. The summed E-state index contributed by atoms with van der Waals surface area (Å²) in [5, 5.41) is 0.190. The van der Waals surface area contributed by atoms with Crippen molar-refractivity contribution in [2.24, 2.45) is 0 Å². The fraction of sp³-hybridized carbons (Fsp3) is 0.727. The van der Waals surface area contributed by atoms with Crippen molar-refractivity contribution in [2.45, 2.75) is 37.3 Å². The van der Waals surface area contributed by atoms with Crippen molar-refractivity contribution in [3.8, 4) is 0 Å². The standard InChI is InChI=1S/C11H19N3O3S/c1-3-10-12-8-11(13-10)18(15,16)14-6-4-9(17-2)5-7-14/h8-9H,3-7H2,1-2H3,(H,12,13). The molecule has 1 N–H and O–H groups in total. The first-order valence-electron chi connectivity index (χ1n) is 6.14. The van der Waals surface area contributed by atoms with Crippen LogP contribution in [0, 0.1) is 0 Å². The molecule has 1 aromatic rings. The molecule has 1 fully saturated rings. The van der Waals surface area contributed by atoms with Gasteiger partial charge >= 0.3 is 0 Å². The Labute approximate surface area is 107 Å². The topological polar surface area (TPSA) is 75.3 Å². The summed E-state index contributed by atoms with van der Waals surface area (Å²) in [5.41, 5.74) is 0.